The molecular formula is C26H22N4O2. The first-order chi connectivity index (χ1) is 15.5. The summed E-state index contributed by atoms with van der Waals surface area (Å²) in [7, 11) is 1.87. The first-order valence-electron chi connectivity index (χ1n) is 10.4. The molecule has 0 aliphatic carbocycles. The SMILES string of the molecule is Cc1c(Nc2ccc(/C=C3\C(=O)Nc4ccccc43)cc2)c(=O)n(-c2ccccc2)n1C. The zero-order valence-electron chi connectivity index (χ0n) is 17.8. The normalized spacial score (nSPS) is 13.8. The van der Waals surface area contributed by atoms with E-state index >= 15 is 0 Å². The van der Waals surface area contributed by atoms with Crippen molar-refractivity contribution in [3.63, 3.8) is 0 Å². The standard InChI is InChI=1S/C26H22N4O2/c1-17-24(26(32)30(29(17)2)20-8-4-3-5-9-20)27-19-14-12-18(13-15-19)16-22-21-10-6-7-11-23(21)28-25(22)31/h3-16,27H,1-2H3,(H,28,31)/b22-16-. The Kier molecular flexibility index (Phi) is 4.75. The van der Waals surface area contributed by atoms with Crippen molar-refractivity contribution in [1.82, 2.24) is 9.36 Å². The highest BCUT2D eigenvalue weighted by molar-refractivity contribution is 6.34. The molecule has 3 aromatic carbocycles. The van der Waals surface area contributed by atoms with E-state index in [0.717, 1.165) is 33.9 Å². The highest BCUT2D eigenvalue weighted by Crippen LogP contribution is 2.32. The van der Waals surface area contributed by atoms with Gasteiger partial charge >= 0.3 is 0 Å². The van der Waals surface area contributed by atoms with Gasteiger partial charge in [-0.2, -0.15) is 0 Å². The molecule has 32 heavy (non-hydrogen) atoms. The number of para-hydroxylation sites is 2. The van der Waals surface area contributed by atoms with Gasteiger partial charge < -0.3 is 10.6 Å². The van der Waals surface area contributed by atoms with Crippen molar-refractivity contribution in [2.75, 3.05) is 10.6 Å². The number of anilines is 3. The van der Waals surface area contributed by atoms with Crippen LogP contribution in [0.2, 0.25) is 0 Å². The van der Waals surface area contributed by atoms with E-state index in [1.165, 1.54) is 0 Å². The van der Waals surface area contributed by atoms with Crippen LogP contribution in [0.5, 0.6) is 0 Å². The predicted molar refractivity (Wildman–Crippen MR) is 128 cm³/mol. The lowest BCUT2D eigenvalue weighted by molar-refractivity contribution is -0.110. The molecule has 0 bridgehead atoms. The summed E-state index contributed by atoms with van der Waals surface area (Å²) in [5.74, 6) is -0.102. The summed E-state index contributed by atoms with van der Waals surface area (Å²) < 4.78 is 3.49. The number of nitrogens with zero attached hydrogens (tertiary/aromatic N) is 2. The van der Waals surface area contributed by atoms with Crippen LogP contribution in [0.25, 0.3) is 17.3 Å². The summed E-state index contributed by atoms with van der Waals surface area (Å²) in [6.07, 6.45) is 1.88. The van der Waals surface area contributed by atoms with Crippen molar-refractivity contribution >= 4 is 34.6 Å². The number of fused-ring (bicyclic) bond motifs is 1. The third kappa shape index (κ3) is 3.32. The number of hydrogen-bond donors (Lipinski definition) is 2. The smallest absolute Gasteiger partial charge is 0.295 e. The topological polar surface area (TPSA) is 68.1 Å². The minimum absolute atomic E-state index is 0.102. The highest BCUT2D eigenvalue weighted by atomic mass is 16.2. The number of amides is 1. The second kappa shape index (κ2) is 7.74. The van der Waals surface area contributed by atoms with Crippen molar-refractivity contribution in [2.45, 2.75) is 6.92 Å². The van der Waals surface area contributed by atoms with Crippen molar-refractivity contribution in [3.05, 3.63) is 106 Å². The molecule has 1 aromatic heterocycles. The minimum atomic E-state index is -0.110. The molecule has 0 spiro atoms. The molecule has 0 saturated carbocycles. The molecule has 2 heterocycles. The Morgan fingerprint density at radius 3 is 2.31 bits per heavy atom. The number of carbonyl (C=O) groups is 1. The Labute approximate surface area is 185 Å². The van der Waals surface area contributed by atoms with Crippen LogP contribution in [0.15, 0.2) is 83.7 Å². The van der Waals surface area contributed by atoms with Crippen molar-refractivity contribution in [2.24, 2.45) is 7.05 Å². The lowest BCUT2D eigenvalue weighted by Crippen LogP contribution is -2.20. The quantitative estimate of drug-likeness (QED) is 0.468. The van der Waals surface area contributed by atoms with E-state index in [1.54, 1.807) is 4.68 Å². The Bertz CT molecular complexity index is 1410. The molecule has 5 rings (SSSR count). The number of carbonyl (C=O) groups excluding carboxylic acids is 1. The minimum Gasteiger partial charge on any atom is -0.349 e. The van der Waals surface area contributed by atoms with Crippen LogP contribution in [0.1, 0.15) is 16.8 Å². The van der Waals surface area contributed by atoms with Crippen molar-refractivity contribution in [1.29, 1.82) is 0 Å². The fourth-order valence-electron chi connectivity index (χ4n) is 3.97. The maximum Gasteiger partial charge on any atom is 0.295 e. The molecule has 0 saturated heterocycles. The first-order valence-corrected chi connectivity index (χ1v) is 10.4. The van der Waals surface area contributed by atoms with Crippen LogP contribution in [0, 0.1) is 6.92 Å². The van der Waals surface area contributed by atoms with Gasteiger partial charge in [-0.15, -0.1) is 0 Å². The first kappa shape index (κ1) is 19.6. The fraction of sp³-hybridized carbons (Fsp3) is 0.0769. The Morgan fingerprint density at radius 1 is 0.875 bits per heavy atom. The third-order valence-electron chi connectivity index (χ3n) is 5.76. The molecule has 1 aliphatic rings. The van der Waals surface area contributed by atoms with E-state index in [-0.39, 0.29) is 11.5 Å². The highest BCUT2D eigenvalue weighted by Gasteiger charge is 2.23. The number of aromatic nitrogens is 2. The zero-order valence-corrected chi connectivity index (χ0v) is 17.8. The Balaban J connectivity index is 1.43. The average Bonchev–Trinajstić information content (AvgIpc) is 3.23. The lowest BCUT2D eigenvalue weighted by Gasteiger charge is -2.07. The van der Waals surface area contributed by atoms with Crippen LogP contribution in [0.4, 0.5) is 17.1 Å². The van der Waals surface area contributed by atoms with Gasteiger partial charge in [0.2, 0.25) is 0 Å². The van der Waals surface area contributed by atoms with E-state index in [0.29, 0.717) is 11.3 Å². The molecule has 6 nitrogen and oxygen atoms in total. The van der Waals surface area contributed by atoms with E-state index < -0.39 is 0 Å². The van der Waals surface area contributed by atoms with Crippen LogP contribution in [-0.4, -0.2) is 15.3 Å². The summed E-state index contributed by atoms with van der Waals surface area (Å²) in [5, 5.41) is 6.15. The Morgan fingerprint density at radius 2 is 1.56 bits per heavy atom. The summed E-state index contributed by atoms with van der Waals surface area (Å²) >= 11 is 0. The van der Waals surface area contributed by atoms with Crippen LogP contribution < -0.4 is 16.2 Å². The Hall–Kier alpha value is -4.32. The van der Waals surface area contributed by atoms with Gasteiger partial charge in [-0.1, -0.05) is 48.5 Å². The van der Waals surface area contributed by atoms with Gasteiger partial charge in [-0.25, -0.2) is 4.68 Å². The second-order valence-electron chi connectivity index (χ2n) is 7.74. The number of benzene rings is 3. The fourth-order valence-corrected chi connectivity index (χ4v) is 3.97. The van der Waals surface area contributed by atoms with Gasteiger partial charge in [0.1, 0.15) is 5.69 Å². The number of nitrogens with one attached hydrogen (secondary N) is 2. The third-order valence-corrected chi connectivity index (χ3v) is 5.76. The number of hydrogen-bond acceptors (Lipinski definition) is 3. The second-order valence-corrected chi connectivity index (χ2v) is 7.74. The molecule has 0 atom stereocenters. The van der Waals surface area contributed by atoms with Gasteiger partial charge in [-0.3, -0.25) is 14.3 Å². The summed E-state index contributed by atoms with van der Waals surface area (Å²) in [5.41, 5.74) is 6.16. The molecule has 1 aliphatic heterocycles. The van der Waals surface area contributed by atoms with Gasteiger partial charge in [0, 0.05) is 29.6 Å². The maximum absolute atomic E-state index is 13.1. The molecule has 1 amide bonds. The zero-order chi connectivity index (χ0) is 22.2. The van der Waals surface area contributed by atoms with E-state index in [1.807, 2.05) is 104 Å². The van der Waals surface area contributed by atoms with E-state index in [2.05, 4.69) is 10.6 Å². The van der Waals surface area contributed by atoms with Crippen molar-refractivity contribution in [3.8, 4) is 5.69 Å². The van der Waals surface area contributed by atoms with E-state index in [9.17, 15) is 9.59 Å². The molecule has 0 fully saturated rings. The lowest BCUT2D eigenvalue weighted by atomic mass is 10.0. The van der Waals surface area contributed by atoms with Gasteiger partial charge in [0.25, 0.3) is 11.5 Å². The van der Waals surface area contributed by atoms with Gasteiger partial charge in [-0.05, 0) is 48.9 Å². The van der Waals surface area contributed by atoms with Gasteiger partial charge in [0.15, 0.2) is 0 Å². The molecular weight excluding hydrogens is 400 g/mol. The molecule has 158 valence electrons. The van der Waals surface area contributed by atoms with Gasteiger partial charge in [0.05, 0.1) is 11.4 Å². The largest absolute Gasteiger partial charge is 0.349 e. The van der Waals surface area contributed by atoms with Crippen molar-refractivity contribution < 1.29 is 4.79 Å². The average molecular weight is 422 g/mol. The number of rotatable bonds is 4. The summed E-state index contributed by atoms with van der Waals surface area (Å²) in [6.45, 7) is 1.91. The molecule has 0 radical (unpaired) electrons. The predicted octanol–water partition coefficient (Wildman–Crippen LogP) is 4.72. The van der Waals surface area contributed by atoms with E-state index in [4.69, 9.17) is 0 Å². The maximum atomic E-state index is 13.1. The monoisotopic (exact) mass is 422 g/mol. The van der Waals surface area contributed by atoms with Crippen LogP contribution >= 0.6 is 0 Å². The van der Waals surface area contributed by atoms with Crippen LogP contribution in [-0.2, 0) is 11.8 Å². The summed E-state index contributed by atoms with van der Waals surface area (Å²) in [4.78, 5) is 25.4. The molecule has 6 heteroatoms. The molecule has 0 unspecified atom stereocenters. The van der Waals surface area contributed by atoms with Crippen LogP contribution in [0.3, 0.4) is 0 Å². The summed E-state index contributed by atoms with van der Waals surface area (Å²) in [6, 6.07) is 24.9. The molecule has 2 N–H and O–H groups in total. The molecule has 4 aromatic rings.